The van der Waals surface area contributed by atoms with Crippen LogP contribution in [-0.2, 0) is 10.3 Å². The van der Waals surface area contributed by atoms with Crippen molar-refractivity contribution in [2.24, 2.45) is 17.0 Å². The topological polar surface area (TPSA) is 24.8 Å². The van der Waals surface area contributed by atoms with Gasteiger partial charge in [-0.05, 0) is 81.6 Å². The number of rotatable bonds is 3. The van der Waals surface area contributed by atoms with Crippen LogP contribution in [0.2, 0.25) is 5.02 Å². The van der Waals surface area contributed by atoms with E-state index in [0.29, 0.717) is 6.61 Å². The summed E-state index contributed by atoms with van der Waals surface area (Å²) in [6.07, 6.45) is 9.36. The smallest absolute Gasteiger partial charge is 0.114 e. The molecule has 2 saturated carbocycles. The van der Waals surface area contributed by atoms with Crippen molar-refractivity contribution in [2.75, 3.05) is 19.7 Å². The number of oxime groups is 1. The van der Waals surface area contributed by atoms with E-state index in [2.05, 4.69) is 22.2 Å². The van der Waals surface area contributed by atoms with Gasteiger partial charge in [-0.25, -0.2) is 0 Å². The highest BCUT2D eigenvalue weighted by Gasteiger charge is 2.48. The molecule has 1 spiro atoms. The summed E-state index contributed by atoms with van der Waals surface area (Å²) in [5, 5.41) is 5.29. The number of hydrogen-bond donors (Lipinski definition) is 0. The number of piperidine rings is 1. The summed E-state index contributed by atoms with van der Waals surface area (Å²) in [4.78, 5) is 8.24. The minimum absolute atomic E-state index is 0.213. The minimum Gasteiger partial charge on any atom is -0.396 e. The van der Waals surface area contributed by atoms with Gasteiger partial charge in [0.1, 0.15) is 6.61 Å². The molecule has 3 nitrogen and oxygen atoms in total. The SMILES string of the molecule is CCO/N=C1\CC2(CCN([C@@H]3C[C@@H]4CC[C@@H]3C4)CC2)c2cc(Cl)ccc21. The van der Waals surface area contributed by atoms with Gasteiger partial charge in [0.15, 0.2) is 0 Å². The van der Waals surface area contributed by atoms with E-state index in [9.17, 15) is 0 Å². The molecule has 4 aliphatic rings. The summed E-state index contributed by atoms with van der Waals surface area (Å²) in [7, 11) is 0. The van der Waals surface area contributed by atoms with Crippen LogP contribution in [0.3, 0.4) is 0 Å². The van der Waals surface area contributed by atoms with Crippen molar-refractivity contribution >= 4 is 17.3 Å². The first kappa shape index (κ1) is 17.1. The highest BCUT2D eigenvalue weighted by Crippen LogP contribution is 2.51. The molecule has 0 unspecified atom stereocenters. The molecule has 0 radical (unpaired) electrons. The molecule has 3 atom stereocenters. The van der Waals surface area contributed by atoms with Crippen LogP contribution in [0.1, 0.15) is 63.0 Å². The van der Waals surface area contributed by atoms with E-state index in [4.69, 9.17) is 16.4 Å². The Labute approximate surface area is 161 Å². The van der Waals surface area contributed by atoms with Crippen molar-refractivity contribution in [3.63, 3.8) is 0 Å². The summed E-state index contributed by atoms with van der Waals surface area (Å²) in [5.74, 6) is 2.01. The number of halogens is 1. The van der Waals surface area contributed by atoms with Crippen molar-refractivity contribution < 1.29 is 4.84 Å². The van der Waals surface area contributed by atoms with Crippen molar-refractivity contribution in [3.05, 3.63) is 34.3 Å². The molecule has 140 valence electrons. The molecule has 26 heavy (non-hydrogen) atoms. The third kappa shape index (κ3) is 2.70. The summed E-state index contributed by atoms with van der Waals surface area (Å²) in [6.45, 7) is 5.06. The summed E-state index contributed by atoms with van der Waals surface area (Å²) >= 11 is 6.37. The van der Waals surface area contributed by atoms with Gasteiger partial charge in [-0.2, -0.15) is 0 Å². The summed E-state index contributed by atoms with van der Waals surface area (Å²) in [6, 6.07) is 7.19. The van der Waals surface area contributed by atoms with Crippen LogP contribution in [-0.4, -0.2) is 36.3 Å². The standard InChI is InChI=1S/C22H29ClN2O/c1-2-26-24-20-14-22(19-13-17(23)5-6-18(19)20)7-9-25(10-8-22)21-12-15-3-4-16(21)11-15/h5-6,13,15-16,21H,2-4,7-12,14H2,1H3/b24-20+/t15-,16-,21-/m1/s1. The molecule has 5 rings (SSSR count). The first-order chi connectivity index (χ1) is 12.7. The summed E-state index contributed by atoms with van der Waals surface area (Å²) in [5.41, 5.74) is 4.00. The first-order valence-electron chi connectivity index (χ1n) is 10.4. The third-order valence-electron chi connectivity index (χ3n) is 7.60. The Morgan fingerprint density at radius 2 is 2.08 bits per heavy atom. The molecule has 0 aromatic heterocycles. The largest absolute Gasteiger partial charge is 0.396 e. The zero-order chi connectivity index (χ0) is 17.7. The number of hydrogen-bond acceptors (Lipinski definition) is 3. The number of nitrogens with zero attached hydrogens (tertiary/aromatic N) is 2. The minimum atomic E-state index is 0.213. The molecule has 1 heterocycles. The molecule has 0 amide bonds. The maximum Gasteiger partial charge on any atom is 0.114 e. The molecule has 1 aliphatic heterocycles. The monoisotopic (exact) mass is 372 g/mol. The highest BCUT2D eigenvalue weighted by molar-refractivity contribution is 6.31. The van der Waals surface area contributed by atoms with E-state index in [-0.39, 0.29) is 5.41 Å². The normalized spacial score (nSPS) is 33.9. The average molecular weight is 373 g/mol. The van der Waals surface area contributed by atoms with E-state index in [1.54, 1.807) is 0 Å². The number of benzene rings is 1. The van der Waals surface area contributed by atoms with Crippen LogP contribution in [0.15, 0.2) is 23.4 Å². The van der Waals surface area contributed by atoms with E-state index in [0.717, 1.165) is 35.0 Å². The fourth-order valence-electron chi connectivity index (χ4n) is 6.33. The first-order valence-corrected chi connectivity index (χ1v) is 10.8. The van der Waals surface area contributed by atoms with Crippen LogP contribution in [0.5, 0.6) is 0 Å². The summed E-state index contributed by atoms with van der Waals surface area (Å²) < 4.78 is 0. The Bertz CT molecular complexity index is 723. The van der Waals surface area contributed by atoms with Gasteiger partial charge in [0.25, 0.3) is 0 Å². The van der Waals surface area contributed by atoms with Crippen LogP contribution in [0, 0.1) is 11.8 Å². The molecule has 2 bridgehead atoms. The van der Waals surface area contributed by atoms with Gasteiger partial charge in [0, 0.05) is 28.5 Å². The molecular weight excluding hydrogens is 344 g/mol. The molecule has 4 heteroatoms. The molecular formula is C22H29ClN2O. The van der Waals surface area contributed by atoms with Crippen LogP contribution in [0.4, 0.5) is 0 Å². The van der Waals surface area contributed by atoms with Gasteiger partial charge < -0.3 is 9.74 Å². The van der Waals surface area contributed by atoms with Gasteiger partial charge >= 0.3 is 0 Å². The third-order valence-corrected chi connectivity index (χ3v) is 7.83. The van der Waals surface area contributed by atoms with E-state index < -0.39 is 0 Å². The fourth-order valence-corrected chi connectivity index (χ4v) is 6.50. The molecule has 1 aromatic rings. The number of fused-ring (bicyclic) bond motifs is 4. The molecule has 1 aromatic carbocycles. The average Bonchev–Trinajstić information content (AvgIpc) is 3.35. The van der Waals surface area contributed by atoms with Crippen LogP contribution < -0.4 is 0 Å². The lowest BCUT2D eigenvalue weighted by atomic mass is 9.73. The second-order valence-corrected chi connectivity index (χ2v) is 9.32. The zero-order valence-electron chi connectivity index (χ0n) is 15.7. The Morgan fingerprint density at radius 1 is 1.23 bits per heavy atom. The fraction of sp³-hybridized carbons (Fsp3) is 0.682. The Kier molecular flexibility index (Phi) is 4.28. The van der Waals surface area contributed by atoms with Crippen LogP contribution >= 0.6 is 11.6 Å². The van der Waals surface area contributed by atoms with Gasteiger partial charge in [-0.1, -0.05) is 29.2 Å². The van der Waals surface area contributed by atoms with Crippen molar-refractivity contribution in [2.45, 2.75) is 63.3 Å². The predicted octanol–water partition coefficient (Wildman–Crippen LogP) is 5.01. The van der Waals surface area contributed by atoms with E-state index in [1.807, 2.05) is 13.0 Å². The van der Waals surface area contributed by atoms with Crippen molar-refractivity contribution in [1.29, 1.82) is 0 Å². The Morgan fingerprint density at radius 3 is 2.77 bits per heavy atom. The van der Waals surface area contributed by atoms with E-state index in [1.165, 1.54) is 62.7 Å². The molecule has 1 saturated heterocycles. The maximum atomic E-state index is 6.37. The van der Waals surface area contributed by atoms with Crippen molar-refractivity contribution in [1.82, 2.24) is 4.90 Å². The van der Waals surface area contributed by atoms with Gasteiger partial charge in [-0.15, -0.1) is 0 Å². The lowest BCUT2D eigenvalue weighted by Crippen LogP contribution is -2.48. The molecule has 3 fully saturated rings. The quantitative estimate of drug-likeness (QED) is 0.697. The van der Waals surface area contributed by atoms with Crippen molar-refractivity contribution in [3.8, 4) is 0 Å². The highest BCUT2D eigenvalue weighted by atomic mass is 35.5. The second-order valence-electron chi connectivity index (χ2n) is 8.88. The molecule has 0 N–H and O–H groups in total. The number of likely N-dealkylation sites (tertiary alicyclic amines) is 1. The van der Waals surface area contributed by atoms with Crippen LogP contribution in [0.25, 0.3) is 0 Å². The zero-order valence-corrected chi connectivity index (χ0v) is 16.5. The predicted molar refractivity (Wildman–Crippen MR) is 106 cm³/mol. The Hall–Kier alpha value is -1.06. The van der Waals surface area contributed by atoms with Gasteiger partial charge in [-0.3, -0.25) is 0 Å². The second kappa shape index (κ2) is 6.53. The van der Waals surface area contributed by atoms with E-state index >= 15 is 0 Å². The van der Waals surface area contributed by atoms with Gasteiger partial charge in [0.05, 0.1) is 5.71 Å². The van der Waals surface area contributed by atoms with Gasteiger partial charge in [0.2, 0.25) is 0 Å². The lowest BCUT2D eigenvalue weighted by molar-refractivity contribution is 0.0861. The Balaban J connectivity index is 1.38. The lowest BCUT2D eigenvalue weighted by Gasteiger charge is -2.44. The molecule has 3 aliphatic carbocycles. The maximum absolute atomic E-state index is 6.37.